The Kier molecular flexibility index (Phi) is 8.81. The molecule has 1 atom stereocenters. The Labute approximate surface area is 141 Å². The summed E-state index contributed by atoms with van der Waals surface area (Å²) in [5.74, 6) is -1.93. The molecule has 0 aliphatic rings. The maximum absolute atomic E-state index is 11.8. The van der Waals surface area contributed by atoms with Crippen molar-refractivity contribution in [3.8, 4) is 0 Å². The Hall–Kier alpha value is -1.64. The van der Waals surface area contributed by atoms with Gasteiger partial charge in [-0.2, -0.15) is 0 Å². The molecule has 0 saturated carbocycles. The van der Waals surface area contributed by atoms with Crippen LogP contribution in [0.4, 0.5) is 0 Å². The Balaban J connectivity index is 0.00000484. The summed E-state index contributed by atoms with van der Waals surface area (Å²) >= 11 is 0. The Morgan fingerprint density at radius 3 is 2.22 bits per heavy atom. The fraction of sp³-hybridized carbons (Fsp3) is 0.429. The van der Waals surface area contributed by atoms with Crippen LogP contribution >= 0.6 is 12.4 Å². The molecule has 0 radical (unpaired) electrons. The smallest absolute Gasteiger partial charge is 0.320 e. The Morgan fingerprint density at radius 1 is 1.22 bits per heavy atom. The van der Waals surface area contributed by atoms with E-state index >= 15 is 0 Å². The number of sulfone groups is 1. The minimum atomic E-state index is -3.56. The van der Waals surface area contributed by atoms with Crippen LogP contribution in [0.1, 0.15) is 18.1 Å². The number of nitrogens with one attached hydrogen (secondary N) is 1. The zero-order valence-corrected chi connectivity index (χ0v) is 14.6. The van der Waals surface area contributed by atoms with Gasteiger partial charge in [0.1, 0.15) is 5.75 Å². The number of ether oxygens (including phenoxy) is 1. The van der Waals surface area contributed by atoms with Gasteiger partial charge in [0.05, 0.1) is 18.9 Å². The number of halogens is 1. The number of nitrogens with two attached hydrogens (primary N) is 1. The lowest BCUT2D eigenvalue weighted by atomic mass is 10.1. The largest absolute Gasteiger partial charge is 0.468 e. The van der Waals surface area contributed by atoms with E-state index in [4.69, 9.17) is 5.73 Å². The summed E-state index contributed by atoms with van der Waals surface area (Å²) in [5, 5.41) is 2.66. The van der Waals surface area contributed by atoms with Crippen molar-refractivity contribution in [3.63, 3.8) is 0 Å². The topological polar surface area (TPSA) is 116 Å². The summed E-state index contributed by atoms with van der Waals surface area (Å²) < 4.78 is 27.9. The molecule has 0 saturated heterocycles. The van der Waals surface area contributed by atoms with Crippen molar-refractivity contribution < 1.29 is 22.7 Å². The normalized spacial score (nSPS) is 12.0. The number of hydrogen-bond acceptors (Lipinski definition) is 6. The van der Waals surface area contributed by atoms with E-state index in [0.29, 0.717) is 12.1 Å². The molecule has 23 heavy (non-hydrogen) atoms. The molecule has 0 aliphatic heterocycles. The van der Waals surface area contributed by atoms with Crippen LogP contribution in [0.2, 0.25) is 0 Å². The zero-order chi connectivity index (χ0) is 16.8. The van der Waals surface area contributed by atoms with E-state index in [9.17, 15) is 18.0 Å². The standard InChI is InChI=1S/C14H20N2O5S.ClH/c1-10(15)14(18)16-7-11-3-5-12(6-4-11)8-22(19,20)9-13(17)21-2;/h3-6,10H,7-9,15H2,1-2H3,(H,16,18);1H/t10-;/m1./s1. The molecule has 0 bridgehead atoms. The highest BCUT2D eigenvalue weighted by atomic mass is 35.5. The van der Waals surface area contributed by atoms with Crippen LogP contribution in [0.5, 0.6) is 0 Å². The fourth-order valence-electron chi connectivity index (χ4n) is 1.65. The third kappa shape index (κ3) is 7.96. The quantitative estimate of drug-likeness (QED) is 0.666. The highest BCUT2D eigenvalue weighted by Crippen LogP contribution is 2.09. The van der Waals surface area contributed by atoms with E-state index in [-0.39, 0.29) is 24.1 Å². The molecular formula is C14H21ClN2O5S. The highest BCUT2D eigenvalue weighted by molar-refractivity contribution is 7.91. The van der Waals surface area contributed by atoms with Gasteiger partial charge in [-0.05, 0) is 18.1 Å². The molecule has 0 aliphatic carbocycles. The van der Waals surface area contributed by atoms with Crippen LogP contribution in [0.25, 0.3) is 0 Å². The summed E-state index contributed by atoms with van der Waals surface area (Å²) in [6, 6.07) is 6.13. The fourth-order valence-corrected chi connectivity index (χ4v) is 2.93. The maximum atomic E-state index is 11.8. The van der Waals surface area contributed by atoms with E-state index < -0.39 is 27.6 Å². The van der Waals surface area contributed by atoms with Crippen LogP contribution in [0.15, 0.2) is 24.3 Å². The van der Waals surface area contributed by atoms with Crippen LogP contribution in [-0.4, -0.2) is 39.2 Å². The zero-order valence-electron chi connectivity index (χ0n) is 12.9. The molecule has 0 fully saturated rings. The first-order chi connectivity index (χ1) is 10.2. The lowest BCUT2D eigenvalue weighted by Gasteiger charge is -2.08. The molecule has 7 nitrogen and oxygen atoms in total. The van der Waals surface area contributed by atoms with E-state index in [0.717, 1.165) is 12.7 Å². The number of hydrogen-bond donors (Lipinski definition) is 2. The van der Waals surface area contributed by atoms with Gasteiger partial charge in [-0.15, -0.1) is 12.4 Å². The molecule has 0 spiro atoms. The van der Waals surface area contributed by atoms with Gasteiger partial charge >= 0.3 is 5.97 Å². The van der Waals surface area contributed by atoms with Gasteiger partial charge in [-0.25, -0.2) is 8.42 Å². The van der Waals surface area contributed by atoms with Crippen molar-refractivity contribution in [2.45, 2.75) is 25.3 Å². The molecule has 1 aromatic rings. The summed E-state index contributed by atoms with van der Waals surface area (Å²) in [4.78, 5) is 22.4. The van der Waals surface area contributed by atoms with Gasteiger partial charge in [-0.3, -0.25) is 9.59 Å². The molecule has 0 heterocycles. The second-order valence-electron chi connectivity index (χ2n) is 4.93. The number of benzene rings is 1. The van der Waals surface area contributed by atoms with Crippen molar-refractivity contribution in [3.05, 3.63) is 35.4 Å². The lowest BCUT2D eigenvalue weighted by Crippen LogP contribution is -2.37. The van der Waals surface area contributed by atoms with E-state index in [1.807, 2.05) is 0 Å². The predicted octanol–water partition coefficient (Wildman–Crippen LogP) is 0.160. The van der Waals surface area contributed by atoms with Gasteiger partial charge in [0.2, 0.25) is 5.91 Å². The number of rotatable bonds is 7. The first-order valence-corrected chi connectivity index (χ1v) is 8.44. The van der Waals surface area contributed by atoms with Gasteiger partial charge in [0, 0.05) is 6.54 Å². The van der Waals surface area contributed by atoms with Gasteiger partial charge < -0.3 is 15.8 Å². The molecule has 3 N–H and O–H groups in total. The van der Waals surface area contributed by atoms with Crippen molar-refractivity contribution in [2.75, 3.05) is 12.9 Å². The predicted molar refractivity (Wildman–Crippen MR) is 88.7 cm³/mol. The number of carbonyl (C=O) groups excluding carboxylic acids is 2. The van der Waals surface area contributed by atoms with E-state index in [2.05, 4.69) is 10.1 Å². The first-order valence-electron chi connectivity index (χ1n) is 6.62. The number of amides is 1. The molecule has 0 unspecified atom stereocenters. The van der Waals surface area contributed by atoms with Crippen molar-refractivity contribution >= 4 is 34.1 Å². The number of esters is 1. The minimum absolute atomic E-state index is 0. The van der Waals surface area contributed by atoms with Gasteiger partial charge in [0.15, 0.2) is 9.84 Å². The highest BCUT2D eigenvalue weighted by Gasteiger charge is 2.17. The summed E-state index contributed by atoms with van der Waals surface area (Å²) in [6.07, 6.45) is 0. The van der Waals surface area contributed by atoms with Gasteiger partial charge in [0.25, 0.3) is 0 Å². The number of carbonyl (C=O) groups is 2. The van der Waals surface area contributed by atoms with Crippen LogP contribution < -0.4 is 11.1 Å². The van der Waals surface area contributed by atoms with Crippen molar-refractivity contribution in [1.29, 1.82) is 0 Å². The van der Waals surface area contributed by atoms with E-state index in [1.165, 1.54) is 0 Å². The van der Waals surface area contributed by atoms with Crippen LogP contribution in [-0.2, 0) is 36.5 Å². The molecule has 0 aromatic heterocycles. The minimum Gasteiger partial charge on any atom is -0.468 e. The van der Waals surface area contributed by atoms with Crippen molar-refractivity contribution in [1.82, 2.24) is 5.32 Å². The third-order valence-electron chi connectivity index (χ3n) is 2.86. The average Bonchev–Trinajstić information content (AvgIpc) is 2.45. The molecule has 130 valence electrons. The Morgan fingerprint density at radius 2 is 1.74 bits per heavy atom. The van der Waals surface area contributed by atoms with Gasteiger partial charge in [-0.1, -0.05) is 24.3 Å². The summed E-state index contributed by atoms with van der Waals surface area (Å²) in [5.41, 5.74) is 6.81. The van der Waals surface area contributed by atoms with Crippen LogP contribution in [0.3, 0.4) is 0 Å². The Bertz CT molecular complexity index is 629. The SMILES string of the molecule is COC(=O)CS(=O)(=O)Cc1ccc(CNC(=O)[C@@H](C)N)cc1.Cl. The summed E-state index contributed by atoms with van der Waals surface area (Å²) in [6.45, 7) is 1.90. The molecule has 1 amide bonds. The first kappa shape index (κ1) is 21.4. The van der Waals surface area contributed by atoms with E-state index in [1.54, 1.807) is 31.2 Å². The lowest BCUT2D eigenvalue weighted by molar-refractivity contribution is -0.137. The molecule has 1 aromatic carbocycles. The second kappa shape index (κ2) is 9.49. The van der Waals surface area contributed by atoms with Crippen molar-refractivity contribution in [2.24, 2.45) is 5.73 Å². The average molecular weight is 365 g/mol. The second-order valence-corrected chi connectivity index (χ2v) is 7.00. The third-order valence-corrected chi connectivity index (χ3v) is 4.30. The molecular weight excluding hydrogens is 344 g/mol. The number of methoxy groups -OCH3 is 1. The summed E-state index contributed by atoms with van der Waals surface area (Å²) in [7, 11) is -2.41. The maximum Gasteiger partial charge on any atom is 0.320 e. The molecule has 1 rings (SSSR count). The monoisotopic (exact) mass is 364 g/mol. The molecule has 9 heteroatoms. The van der Waals surface area contributed by atoms with Crippen LogP contribution in [0, 0.1) is 0 Å².